The van der Waals surface area contributed by atoms with Crippen molar-refractivity contribution in [1.82, 2.24) is 19.5 Å². The number of H-pyrrole nitrogens is 1. The number of benzene rings is 1. The number of hydrazone groups is 1. The number of nitrogen functional groups attached to an aromatic ring is 1. The van der Waals surface area contributed by atoms with Gasteiger partial charge in [-0.05, 0) is 17.7 Å². The van der Waals surface area contributed by atoms with Crippen LogP contribution in [0.3, 0.4) is 0 Å². The van der Waals surface area contributed by atoms with Gasteiger partial charge in [-0.25, -0.2) is 9.99 Å². The highest BCUT2D eigenvalue weighted by Gasteiger charge is 2.45. The molecule has 13 heteroatoms. The molecule has 1 fully saturated rings. The highest BCUT2D eigenvalue weighted by atomic mass is 16.6. The standard InChI is InChI=1S/C20H26N8O5/c1-26(2)11-6-4-10(5-7-11)8-22-27(3)20-23-13-16(24-19(21)25-17(13)32)28(20)18-15(31)14(30)12(9-29)33-18/h4-8,12,14-15,18,29-31H,9H2,1-3H3,(H3,21,24,25,32)/b22-8-/t12-,14-,15-,18-/m1/s1. The van der Waals surface area contributed by atoms with E-state index < -0.39 is 36.7 Å². The maximum Gasteiger partial charge on any atom is 0.280 e. The zero-order valence-electron chi connectivity index (χ0n) is 18.3. The molecule has 0 spiro atoms. The first-order valence-corrected chi connectivity index (χ1v) is 10.2. The molecule has 0 unspecified atom stereocenters. The van der Waals surface area contributed by atoms with E-state index in [1.165, 1.54) is 9.58 Å². The lowest BCUT2D eigenvalue weighted by Gasteiger charge is -2.21. The van der Waals surface area contributed by atoms with Gasteiger partial charge in [0.1, 0.15) is 18.3 Å². The number of rotatable bonds is 6. The van der Waals surface area contributed by atoms with Gasteiger partial charge in [0.15, 0.2) is 17.4 Å². The molecule has 0 radical (unpaired) electrons. The second-order valence-electron chi connectivity index (χ2n) is 7.89. The minimum Gasteiger partial charge on any atom is -0.394 e. The van der Waals surface area contributed by atoms with Crippen LogP contribution in [0.5, 0.6) is 0 Å². The lowest BCUT2D eigenvalue weighted by molar-refractivity contribution is -0.0504. The van der Waals surface area contributed by atoms with Crippen molar-refractivity contribution in [3.63, 3.8) is 0 Å². The molecule has 0 bridgehead atoms. The molecule has 13 nitrogen and oxygen atoms in total. The largest absolute Gasteiger partial charge is 0.394 e. The van der Waals surface area contributed by atoms with E-state index in [0.717, 1.165) is 11.3 Å². The number of nitrogens with zero attached hydrogens (tertiary/aromatic N) is 6. The number of nitrogens with one attached hydrogen (secondary N) is 1. The molecule has 1 saturated heterocycles. The number of ether oxygens (including phenoxy) is 1. The lowest BCUT2D eigenvalue weighted by Crippen LogP contribution is -2.33. The van der Waals surface area contributed by atoms with E-state index in [9.17, 15) is 20.1 Å². The van der Waals surface area contributed by atoms with Gasteiger partial charge in [-0.15, -0.1) is 0 Å². The third kappa shape index (κ3) is 4.14. The summed E-state index contributed by atoms with van der Waals surface area (Å²) in [5, 5.41) is 36.0. The number of aliphatic hydroxyl groups excluding tert-OH is 3. The van der Waals surface area contributed by atoms with Crippen LogP contribution >= 0.6 is 0 Å². The minimum absolute atomic E-state index is 0.0403. The summed E-state index contributed by atoms with van der Waals surface area (Å²) in [7, 11) is 5.49. The third-order valence-corrected chi connectivity index (χ3v) is 5.40. The Labute approximate surface area is 188 Å². The van der Waals surface area contributed by atoms with Crippen LogP contribution in [0.4, 0.5) is 17.6 Å². The number of aromatic nitrogens is 4. The summed E-state index contributed by atoms with van der Waals surface area (Å²) in [6.07, 6.45) is -3.39. The molecule has 176 valence electrons. The van der Waals surface area contributed by atoms with Gasteiger partial charge in [0, 0.05) is 26.8 Å². The van der Waals surface area contributed by atoms with E-state index >= 15 is 0 Å². The van der Waals surface area contributed by atoms with Crippen molar-refractivity contribution in [3.8, 4) is 0 Å². The average Bonchev–Trinajstić information content (AvgIpc) is 3.30. The van der Waals surface area contributed by atoms with E-state index in [1.807, 2.05) is 43.3 Å². The van der Waals surface area contributed by atoms with Crippen molar-refractivity contribution in [3.05, 3.63) is 40.2 Å². The molecular weight excluding hydrogens is 432 g/mol. The molecule has 33 heavy (non-hydrogen) atoms. The van der Waals surface area contributed by atoms with Gasteiger partial charge in [0.25, 0.3) is 5.56 Å². The van der Waals surface area contributed by atoms with Crippen molar-refractivity contribution in [2.45, 2.75) is 24.5 Å². The number of aliphatic hydroxyl groups is 3. The molecule has 4 rings (SSSR count). The molecule has 4 atom stereocenters. The third-order valence-electron chi connectivity index (χ3n) is 5.40. The number of hydrogen-bond donors (Lipinski definition) is 5. The quantitative estimate of drug-likeness (QED) is 0.224. The van der Waals surface area contributed by atoms with Crippen LogP contribution in [0, 0.1) is 0 Å². The molecule has 0 saturated carbocycles. The highest BCUT2D eigenvalue weighted by Crippen LogP contribution is 2.34. The molecule has 2 aromatic heterocycles. The first kappa shape index (κ1) is 22.7. The van der Waals surface area contributed by atoms with Crippen LogP contribution in [-0.2, 0) is 4.74 Å². The predicted molar refractivity (Wildman–Crippen MR) is 122 cm³/mol. The maximum absolute atomic E-state index is 12.4. The number of hydrogen-bond acceptors (Lipinski definition) is 11. The minimum atomic E-state index is -1.42. The van der Waals surface area contributed by atoms with Gasteiger partial charge in [0.05, 0.1) is 12.8 Å². The molecule has 3 heterocycles. The number of imidazole rings is 1. The van der Waals surface area contributed by atoms with Crippen molar-refractivity contribution in [2.24, 2.45) is 5.10 Å². The summed E-state index contributed by atoms with van der Waals surface area (Å²) < 4.78 is 6.98. The Bertz CT molecular complexity index is 1220. The van der Waals surface area contributed by atoms with E-state index in [4.69, 9.17) is 10.5 Å². The van der Waals surface area contributed by atoms with Crippen LogP contribution in [0.25, 0.3) is 11.2 Å². The fraction of sp³-hybridized carbons (Fsp3) is 0.400. The van der Waals surface area contributed by atoms with Crippen LogP contribution in [0.2, 0.25) is 0 Å². The molecule has 1 aliphatic rings. The van der Waals surface area contributed by atoms with Crippen molar-refractivity contribution < 1.29 is 20.1 Å². The van der Waals surface area contributed by atoms with Gasteiger partial charge in [0.2, 0.25) is 11.9 Å². The summed E-state index contributed by atoms with van der Waals surface area (Å²) in [6, 6.07) is 7.69. The van der Waals surface area contributed by atoms with Crippen LogP contribution < -0.4 is 21.2 Å². The fourth-order valence-corrected chi connectivity index (χ4v) is 3.61. The zero-order valence-corrected chi connectivity index (χ0v) is 18.3. The van der Waals surface area contributed by atoms with Gasteiger partial charge < -0.3 is 30.7 Å². The topological polar surface area (TPSA) is 178 Å². The predicted octanol–water partition coefficient (Wildman–Crippen LogP) is -1.15. The molecule has 3 aromatic rings. The van der Waals surface area contributed by atoms with Gasteiger partial charge in [-0.3, -0.25) is 14.3 Å². The Morgan fingerprint density at radius 1 is 1.21 bits per heavy atom. The van der Waals surface area contributed by atoms with Crippen molar-refractivity contribution in [2.75, 3.05) is 43.4 Å². The van der Waals surface area contributed by atoms with E-state index in [0.29, 0.717) is 0 Å². The number of fused-ring (bicyclic) bond motifs is 1. The molecular formula is C20H26N8O5. The maximum atomic E-state index is 12.4. The lowest BCUT2D eigenvalue weighted by atomic mass is 10.1. The van der Waals surface area contributed by atoms with Crippen molar-refractivity contribution in [1.29, 1.82) is 0 Å². The van der Waals surface area contributed by atoms with Gasteiger partial charge >= 0.3 is 0 Å². The summed E-state index contributed by atoms with van der Waals surface area (Å²) in [6.45, 7) is -0.510. The van der Waals surface area contributed by atoms with E-state index in [1.54, 1.807) is 13.3 Å². The Hall–Kier alpha value is -3.52. The zero-order chi connectivity index (χ0) is 23.9. The Morgan fingerprint density at radius 3 is 2.52 bits per heavy atom. The van der Waals surface area contributed by atoms with Gasteiger partial charge in [-0.2, -0.15) is 10.1 Å². The molecule has 0 amide bonds. The van der Waals surface area contributed by atoms with E-state index in [2.05, 4.69) is 20.1 Å². The normalized spacial score (nSPS) is 23.0. The summed E-state index contributed by atoms with van der Waals surface area (Å²) >= 11 is 0. The molecule has 6 N–H and O–H groups in total. The Morgan fingerprint density at radius 2 is 1.91 bits per heavy atom. The first-order chi connectivity index (χ1) is 15.7. The van der Waals surface area contributed by atoms with Crippen LogP contribution in [0.15, 0.2) is 34.2 Å². The number of aromatic amines is 1. The second-order valence-corrected chi connectivity index (χ2v) is 7.89. The Kier molecular flexibility index (Phi) is 6.03. The smallest absolute Gasteiger partial charge is 0.280 e. The molecule has 0 aliphatic carbocycles. The molecule has 1 aromatic carbocycles. The number of nitrogens with two attached hydrogens (primary N) is 1. The summed E-state index contributed by atoms with van der Waals surface area (Å²) in [5.41, 5.74) is 6.98. The number of anilines is 3. The van der Waals surface area contributed by atoms with Crippen LogP contribution in [-0.4, -0.2) is 87.1 Å². The van der Waals surface area contributed by atoms with Crippen LogP contribution in [0.1, 0.15) is 11.8 Å². The summed E-state index contributed by atoms with van der Waals surface area (Å²) in [4.78, 5) is 25.3. The molecule has 1 aliphatic heterocycles. The SMILES string of the molecule is CN(C)c1ccc(/C=N\N(C)c2nc3c(=O)[nH]c(N)nc3n2[C@@H]2O[C@H](CO)[C@@H](O)[C@H]2O)cc1. The van der Waals surface area contributed by atoms with Crippen molar-refractivity contribution >= 4 is 35.0 Å². The first-order valence-electron chi connectivity index (χ1n) is 10.2. The Balaban J connectivity index is 1.76. The average molecular weight is 458 g/mol. The second kappa shape index (κ2) is 8.78. The highest BCUT2D eigenvalue weighted by molar-refractivity contribution is 5.81. The van der Waals surface area contributed by atoms with E-state index in [-0.39, 0.29) is 23.1 Å². The van der Waals surface area contributed by atoms with Gasteiger partial charge in [-0.1, -0.05) is 12.1 Å². The summed E-state index contributed by atoms with van der Waals surface area (Å²) in [5.74, 6) is -0.0383. The monoisotopic (exact) mass is 458 g/mol. The fourth-order valence-electron chi connectivity index (χ4n) is 3.61.